The van der Waals surface area contributed by atoms with Crippen LogP contribution in [0.1, 0.15) is 0 Å². The third kappa shape index (κ3) is 4.89. The predicted molar refractivity (Wildman–Crippen MR) is 47.7 cm³/mol. The number of hydrogen-bond acceptors (Lipinski definition) is 5. The summed E-state index contributed by atoms with van der Waals surface area (Å²) < 4.78 is 0. The van der Waals surface area contributed by atoms with E-state index in [2.05, 4.69) is 0 Å². The number of aliphatic carboxylic acids is 1. The third-order valence-electron chi connectivity index (χ3n) is 1.29. The van der Waals surface area contributed by atoms with Crippen LogP contribution in [0.25, 0.3) is 0 Å². The summed E-state index contributed by atoms with van der Waals surface area (Å²) in [5, 5.41) is 23.5. The first kappa shape index (κ1) is 13.3. The molecule has 7 heteroatoms. The van der Waals surface area contributed by atoms with E-state index in [-0.39, 0.29) is 13.2 Å². The van der Waals surface area contributed by atoms with Crippen LogP contribution in [0, 0.1) is 0 Å². The Labute approximate surface area is 85.2 Å². The smallest absolute Gasteiger partial charge is 0.323 e. The number of carbonyl (C=O) groups is 3. The summed E-state index contributed by atoms with van der Waals surface area (Å²) in [5.74, 6) is -2.34. The molecule has 0 bridgehead atoms. The second-order valence-electron chi connectivity index (χ2n) is 2.44. The SMILES string of the molecule is O=C(O)CN1C(=O)C=CC1=O.OCCO. The van der Waals surface area contributed by atoms with Crippen molar-refractivity contribution < 1.29 is 29.7 Å². The fraction of sp³-hybridized carbons (Fsp3) is 0.375. The molecule has 0 spiro atoms. The molecule has 1 aliphatic rings. The maximum atomic E-state index is 10.7. The number of imide groups is 1. The Bertz CT molecular complexity index is 265. The number of hydrogen-bond donors (Lipinski definition) is 3. The Kier molecular flexibility index (Phi) is 5.91. The van der Waals surface area contributed by atoms with Crippen molar-refractivity contribution in [1.29, 1.82) is 0 Å². The molecular formula is C8H11NO6. The number of nitrogens with zero attached hydrogens (tertiary/aromatic N) is 1. The number of carboxylic acids is 1. The summed E-state index contributed by atoms with van der Waals surface area (Å²) >= 11 is 0. The standard InChI is InChI=1S/C6H5NO4.C2H6O2/c8-4-1-2-5(9)7(4)3-6(10)11;3-1-2-4/h1-2H,3H2,(H,10,11);3-4H,1-2H2. The first-order valence-electron chi connectivity index (χ1n) is 4.00. The van der Waals surface area contributed by atoms with Gasteiger partial charge in [-0.1, -0.05) is 0 Å². The quantitative estimate of drug-likeness (QED) is 0.469. The summed E-state index contributed by atoms with van der Waals surface area (Å²) in [5.41, 5.74) is 0. The fourth-order valence-corrected chi connectivity index (χ4v) is 0.722. The van der Waals surface area contributed by atoms with Crippen LogP contribution in [0.15, 0.2) is 12.2 Å². The zero-order valence-electron chi connectivity index (χ0n) is 7.79. The Morgan fingerprint density at radius 3 is 1.80 bits per heavy atom. The Morgan fingerprint density at radius 2 is 1.53 bits per heavy atom. The molecular weight excluding hydrogens is 206 g/mol. The van der Waals surface area contributed by atoms with Crippen LogP contribution in [0.2, 0.25) is 0 Å². The molecule has 0 unspecified atom stereocenters. The Morgan fingerprint density at radius 1 is 1.13 bits per heavy atom. The van der Waals surface area contributed by atoms with Gasteiger partial charge >= 0.3 is 5.97 Å². The number of aliphatic hydroxyl groups is 2. The van der Waals surface area contributed by atoms with E-state index in [0.717, 1.165) is 12.2 Å². The first-order chi connectivity index (χ1) is 7.02. The topological polar surface area (TPSA) is 115 Å². The van der Waals surface area contributed by atoms with Gasteiger partial charge in [0.1, 0.15) is 6.54 Å². The highest BCUT2D eigenvalue weighted by molar-refractivity contribution is 6.14. The van der Waals surface area contributed by atoms with Gasteiger partial charge in [-0.3, -0.25) is 19.3 Å². The van der Waals surface area contributed by atoms with Gasteiger partial charge in [-0.2, -0.15) is 0 Å². The van der Waals surface area contributed by atoms with E-state index in [1.807, 2.05) is 0 Å². The molecule has 0 aromatic heterocycles. The first-order valence-corrected chi connectivity index (χ1v) is 4.00. The average Bonchev–Trinajstić information content (AvgIpc) is 2.49. The summed E-state index contributed by atoms with van der Waals surface area (Å²) in [7, 11) is 0. The minimum atomic E-state index is -1.20. The molecule has 0 atom stereocenters. The summed E-state index contributed by atoms with van der Waals surface area (Å²) in [4.78, 5) is 32.1. The molecule has 1 heterocycles. The average molecular weight is 217 g/mol. The van der Waals surface area contributed by atoms with Crippen molar-refractivity contribution in [3.8, 4) is 0 Å². The molecule has 0 fully saturated rings. The predicted octanol–water partition coefficient (Wildman–Crippen LogP) is -2.03. The van der Waals surface area contributed by atoms with Crippen LogP contribution in [0.4, 0.5) is 0 Å². The second-order valence-corrected chi connectivity index (χ2v) is 2.44. The van der Waals surface area contributed by atoms with Gasteiger partial charge in [0.05, 0.1) is 13.2 Å². The lowest BCUT2D eigenvalue weighted by atomic mass is 10.5. The van der Waals surface area contributed by atoms with Crippen molar-refractivity contribution in [2.45, 2.75) is 0 Å². The van der Waals surface area contributed by atoms with Crippen molar-refractivity contribution in [3.63, 3.8) is 0 Å². The molecule has 15 heavy (non-hydrogen) atoms. The van der Waals surface area contributed by atoms with Crippen molar-refractivity contribution >= 4 is 17.8 Å². The second kappa shape index (κ2) is 6.68. The van der Waals surface area contributed by atoms with Crippen LogP contribution in [0.3, 0.4) is 0 Å². The van der Waals surface area contributed by atoms with Gasteiger partial charge in [-0.25, -0.2) is 0 Å². The molecule has 1 aliphatic heterocycles. The van der Waals surface area contributed by atoms with Crippen LogP contribution in [-0.2, 0) is 14.4 Å². The van der Waals surface area contributed by atoms with Crippen LogP contribution >= 0.6 is 0 Å². The number of aliphatic hydroxyl groups excluding tert-OH is 2. The number of carbonyl (C=O) groups excluding carboxylic acids is 2. The number of carboxylic acid groups (broad SMARTS) is 1. The van der Waals surface area contributed by atoms with Crippen molar-refractivity contribution in [2.75, 3.05) is 19.8 Å². The van der Waals surface area contributed by atoms with Crippen molar-refractivity contribution in [2.24, 2.45) is 0 Å². The highest BCUT2D eigenvalue weighted by atomic mass is 16.4. The lowest BCUT2D eigenvalue weighted by Gasteiger charge is -2.08. The molecule has 0 radical (unpaired) electrons. The van der Waals surface area contributed by atoms with Gasteiger partial charge in [0.25, 0.3) is 11.8 Å². The van der Waals surface area contributed by atoms with Crippen LogP contribution in [-0.4, -0.2) is 57.8 Å². The largest absolute Gasteiger partial charge is 0.480 e. The molecule has 0 aliphatic carbocycles. The molecule has 0 saturated heterocycles. The zero-order valence-corrected chi connectivity index (χ0v) is 7.79. The minimum Gasteiger partial charge on any atom is -0.480 e. The van der Waals surface area contributed by atoms with Crippen LogP contribution < -0.4 is 0 Å². The monoisotopic (exact) mass is 217 g/mol. The van der Waals surface area contributed by atoms with Gasteiger partial charge in [0.2, 0.25) is 0 Å². The minimum absolute atomic E-state index is 0.125. The van der Waals surface area contributed by atoms with E-state index < -0.39 is 24.3 Å². The Hall–Kier alpha value is -1.73. The van der Waals surface area contributed by atoms with E-state index in [4.69, 9.17) is 15.3 Å². The molecule has 0 aromatic rings. The van der Waals surface area contributed by atoms with Crippen molar-refractivity contribution in [1.82, 2.24) is 4.90 Å². The highest BCUT2D eigenvalue weighted by Gasteiger charge is 2.24. The molecule has 0 saturated carbocycles. The van der Waals surface area contributed by atoms with E-state index >= 15 is 0 Å². The van der Waals surface area contributed by atoms with E-state index in [1.165, 1.54) is 0 Å². The maximum absolute atomic E-state index is 10.7. The van der Waals surface area contributed by atoms with E-state index in [1.54, 1.807) is 0 Å². The lowest BCUT2D eigenvalue weighted by Crippen LogP contribution is -2.34. The Balaban J connectivity index is 0.000000423. The molecule has 3 N–H and O–H groups in total. The van der Waals surface area contributed by atoms with Gasteiger partial charge < -0.3 is 15.3 Å². The van der Waals surface area contributed by atoms with Crippen LogP contribution in [0.5, 0.6) is 0 Å². The molecule has 2 amide bonds. The van der Waals surface area contributed by atoms with Gasteiger partial charge in [-0.05, 0) is 0 Å². The van der Waals surface area contributed by atoms with E-state index in [0.29, 0.717) is 4.90 Å². The summed E-state index contributed by atoms with van der Waals surface area (Å²) in [6, 6.07) is 0. The fourth-order valence-electron chi connectivity index (χ4n) is 0.722. The van der Waals surface area contributed by atoms with Gasteiger partial charge in [0.15, 0.2) is 0 Å². The van der Waals surface area contributed by atoms with Gasteiger partial charge in [-0.15, -0.1) is 0 Å². The van der Waals surface area contributed by atoms with E-state index in [9.17, 15) is 14.4 Å². The lowest BCUT2D eigenvalue weighted by molar-refractivity contribution is -0.147. The molecule has 1 rings (SSSR count). The highest BCUT2D eigenvalue weighted by Crippen LogP contribution is 2.01. The van der Waals surface area contributed by atoms with Gasteiger partial charge in [0, 0.05) is 12.2 Å². The molecule has 84 valence electrons. The normalized spacial score (nSPS) is 13.9. The number of amides is 2. The third-order valence-corrected chi connectivity index (χ3v) is 1.29. The summed E-state index contributed by atoms with van der Waals surface area (Å²) in [6.45, 7) is -0.815. The molecule has 7 nitrogen and oxygen atoms in total. The maximum Gasteiger partial charge on any atom is 0.323 e. The summed E-state index contributed by atoms with van der Waals surface area (Å²) in [6.07, 6.45) is 2.09. The number of rotatable bonds is 3. The van der Waals surface area contributed by atoms with Crippen molar-refractivity contribution in [3.05, 3.63) is 12.2 Å². The zero-order chi connectivity index (χ0) is 11.8. The molecule has 0 aromatic carbocycles.